The van der Waals surface area contributed by atoms with Crippen LogP contribution in [0.3, 0.4) is 0 Å². The largest absolute Gasteiger partial charge is 0.375 e. The highest BCUT2D eigenvalue weighted by Crippen LogP contribution is 2.35. The van der Waals surface area contributed by atoms with E-state index < -0.39 is 11.0 Å². The Labute approximate surface area is 203 Å². The summed E-state index contributed by atoms with van der Waals surface area (Å²) in [6, 6.07) is 2.11. The van der Waals surface area contributed by atoms with Crippen molar-refractivity contribution in [2.75, 3.05) is 30.3 Å². The molecule has 0 unspecified atom stereocenters. The van der Waals surface area contributed by atoms with Gasteiger partial charge in [-0.15, -0.1) is 0 Å². The molecule has 2 aliphatic rings. The first-order valence-corrected chi connectivity index (χ1v) is 11.6. The van der Waals surface area contributed by atoms with E-state index >= 15 is 0 Å². The van der Waals surface area contributed by atoms with Crippen molar-refractivity contribution in [3.05, 3.63) is 44.7 Å². The Morgan fingerprint density at radius 1 is 1.29 bits per heavy atom. The van der Waals surface area contributed by atoms with Crippen LogP contribution in [0.2, 0.25) is 0 Å². The molecule has 0 saturated carbocycles. The molecule has 1 aromatic heterocycles. The third kappa shape index (κ3) is 5.37. The third-order valence-corrected chi connectivity index (χ3v) is 6.17. The van der Waals surface area contributed by atoms with Crippen LogP contribution in [0, 0.1) is 10.1 Å². The number of benzene rings is 1. The zero-order valence-corrected chi connectivity index (χ0v) is 20.2. The van der Waals surface area contributed by atoms with E-state index in [9.17, 15) is 19.7 Å². The Morgan fingerprint density at radius 2 is 2.03 bits per heavy atom. The van der Waals surface area contributed by atoms with Gasteiger partial charge in [0.15, 0.2) is 0 Å². The number of carbonyl (C=O) groups excluding carboxylic acids is 2. The Hall–Kier alpha value is -3.03. The number of nitrogens with one attached hydrogen (secondary N) is 3. The molecule has 3 N–H and O–H groups in total. The number of hydrogen-bond donors (Lipinski definition) is 3. The fourth-order valence-corrected chi connectivity index (χ4v) is 4.76. The van der Waals surface area contributed by atoms with E-state index in [4.69, 9.17) is 9.26 Å². The summed E-state index contributed by atoms with van der Waals surface area (Å²) in [5, 5.41) is 24.4. The average Bonchev–Trinajstić information content (AvgIpc) is 3.45. The summed E-state index contributed by atoms with van der Waals surface area (Å²) in [6.45, 7) is 4.92. The fraction of sp³-hybridized carbons (Fsp3) is 0.476. The standard InChI is InChI=1S/C21H25BrN6O6/c1-11-8-27(9-12(2)34-11)21(30)16-3-13(22)4-18(28(31)32)19(16)25-14-5-17(23-6-14)20(29)26-15-7-24-33-10-15/h3-4,7,10-12,14,17,23,25H,5-6,8-9H2,1-2H3,(H,26,29)/t11-,12+,14-,17+/m1/s1. The summed E-state index contributed by atoms with van der Waals surface area (Å²) in [5.41, 5.74) is 0.551. The smallest absolute Gasteiger partial charge is 0.294 e. The van der Waals surface area contributed by atoms with Gasteiger partial charge in [-0.05, 0) is 26.3 Å². The molecule has 2 aromatic rings. The number of amides is 2. The molecule has 2 fully saturated rings. The first-order valence-electron chi connectivity index (χ1n) is 10.8. The number of aromatic nitrogens is 1. The van der Waals surface area contributed by atoms with Crippen LogP contribution >= 0.6 is 15.9 Å². The molecule has 0 bridgehead atoms. The molecule has 34 heavy (non-hydrogen) atoms. The van der Waals surface area contributed by atoms with Gasteiger partial charge in [0.05, 0.1) is 34.9 Å². The van der Waals surface area contributed by atoms with Crippen molar-refractivity contribution >= 4 is 44.8 Å². The number of rotatable bonds is 6. The molecule has 0 radical (unpaired) electrons. The summed E-state index contributed by atoms with van der Waals surface area (Å²) >= 11 is 3.30. The normalized spacial score (nSPS) is 24.6. The van der Waals surface area contributed by atoms with E-state index in [2.05, 4.69) is 37.0 Å². The van der Waals surface area contributed by atoms with Gasteiger partial charge in [-0.3, -0.25) is 19.7 Å². The third-order valence-electron chi connectivity index (χ3n) is 5.71. The van der Waals surface area contributed by atoms with Crippen molar-refractivity contribution in [1.82, 2.24) is 15.4 Å². The van der Waals surface area contributed by atoms with E-state index in [0.29, 0.717) is 36.2 Å². The van der Waals surface area contributed by atoms with Gasteiger partial charge in [0.2, 0.25) is 5.91 Å². The second-order valence-electron chi connectivity index (χ2n) is 8.51. The quantitative estimate of drug-likeness (QED) is 0.373. The molecule has 2 saturated heterocycles. The van der Waals surface area contributed by atoms with Crippen molar-refractivity contribution in [1.29, 1.82) is 0 Å². The predicted octanol–water partition coefficient (Wildman–Crippen LogP) is 2.38. The molecule has 13 heteroatoms. The summed E-state index contributed by atoms with van der Waals surface area (Å²) in [4.78, 5) is 39.0. The number of nitro groups is 1. The van der Waals surface area contributed by atoms with Gasteiger partial charge in [-0.1, -0.05) is 21.1 Å². The molecule has 0 spiro atoms. The summed E-state index contributed by atoms with van der Waals surface area (Å²) in [6.07, 6.45) is 2.78. The minimum atomic E-state index is -0.526. The van der Waals surface area contributed by atoms with Crippen LogP contribution in [0.25, 0.3) is 0 Å². The summed E-state index contributed by atoms with van der Waals surface area (Å²) in [5.74, 6) is -0.591. The van der Waals surface area contributed by atoms with Gasteiger partial charge in [0, 0.05) is 36.2 Å². The topological polar surface area (TPSA) is 152 Å². The number of carbonyl (C=O) groups is 2. The minimum absolute atomic E-state index is 0.136. The molecule has 4 rings (SSSR count). The summed E-state index contributed by atoms with van der Waals surface area (Å²) < 4.78 is 10.9. The van der Waals surface area contributed by atoms with Crippen LogP contribution in [-0.2, 0) is 9.53 Å². The lowest BCUT2D eigenvalue weighted by molar-refractivity contribution is -0.384. The average molecular weight is 537 g/mol. The first-order chi connectivity index (χ1) is 16.2. The molecule has 1 aromatic carbocycles. The van der Waals surface area contributed by atoms with Crippen LogP contribution in [0.15, 0.2) is 33.6 Å². The molecule has 182 valence electrons. The Kier molecular flexibility index (Phi) is 7.14. The molecular formula is C21H25BrN6O6. The van der Waals surface area contributed by atoms with Gasteiger partial charge in [-0.2, -0.15) is 0 Å². The lowest BCUT2D eigenvalue weighted by Crippen LogP contribution is -2.48. The van der Waals surface area contributed by atoms with Crippen LogP contribution in [0.5, 0.6) is 0 Å². The number of halogens is 1. The maximum atomic E-state index is 13.5. The predicted molar refractivity (Wildman–Crippen MR) is 126 cm³/mol. The zero-order chi connectivity index (χ0) is 24.4. The van der Waals surface area contributed by atoms with Crippen LogP contribution in [0.4, 0.5) is 17.1 Å². The molecular weight excluding hydrogens is 512 g/mol. The Bertz CT molecular complexity index is 1070. The number of nitrogens with zero attached hydrogens (tertiary/aromatic N) is 3. The van der Waals surface area contributed by atoms with E-state index in [0.717, 1.165) is 0 Å². The van der Waals surface area contributed by atoms with Crippen LogP contribution in [0.1, 0.15) is 30.6 Å². The molecule has 0 aliphatic carbocycles. The number of hydrogen-bond acceptors (Lipinski definition) is 9. The highest BCUT2D eigenvalue weighted by molar-refractivity contribution is 9.10. The maximum absolute atomic E-state index is 13.5. The van der Waals surface area contributed by atoms with Gasteiger partial charge >= 0.3 is 0 Å². The van der Waals surface area contributed by atoms with E-state index in [1.807, 2.05) is 13.8 Å². The van der Waals surface area contributed by atoms with E-state index in [1.54, 1.807) is 11.0 Å². The Balaban J connectivity index is 1.55. The minimum Gasteiger partial charge on any atom is -0.375 e. The number of ether oxygens (including phenoxy) is 1. The van der Waals surface area contributed by atoms with Crippen molar-refractivity contribution in [3.8, 4) is 0 Å². The SMILES string of the molecule is C[C@@H]1CN(C(=O)c2cc(Br)cc([N+](=O)[O-])c2N[C@H]2CN[C@H](C(=O)Nc3cnoc3)C2)C[C@H](C)O1. The number of morpholine rings is 1. The Morgan fingerprint density at radius 3 is 2.68 bits per heavy atom. The molecule has 3 heterocycles. The van der Waals surface area contributed by atoms with Gasteiger partial charge in [0.1, 0.15) is 17.6 Å². The molecule has 12 nitrogen and oxygen atoms in total. The van der Waals surface area contributed by atoms with Crippen molar-refractivity contribution in [3.63, 3.8) is 0 Å². The summed E-state index contributed by atoms with van der Waals surface area (Å²) in [7, 11) is 0. The first kappa shape index (κ1) is 24.1. The lowest BCUT2D eigenvalue weighted by Gasteiger charge is -2.35. The lowest BCUT2D eigenvalue weighted by atomic mass is 10.1. The maximum Gasteiger partial charge on any atom is 0.294 e. The fourth-order valence-electron chi connectivity index (χ4n) is 4.32. The molecule has 2 amide bonds. The van der Waals surface area contributed by atoms with Gasteiger partial charge in [0.25, 0.3) is 11.6 Å². The van der Waals surface area contributed by atoms with Crippen molar-refractivity contribution in [2.45, 2.75) is 44.6 Å². The van der Waals surface area contributed by atoms with Crippen LogP contribution in [-0.4, -0.2) is 70.7 Å². The van der Waals surface area contributed by atoms with Crippen molar-refractivity contribution in [2.24, 2.45) is 0 Å². The second-order valence-corrected chi connectivity index (χ2v) is 9.43. The monoisotopic (exact) mass is 536 g/mol. The van der Waals surface area contributed by atoms with E-state index in [-0.39, 0.29) is 47.0 Å². The number of anilines is 2. The molecule has 4 atom stereocenters. The highest BCUT2D eigenvalue weighted by Gasteiger charge is 2.35. The number of nitro benzene ring substituents is 1. The highest BCUT2D eigenvalue weighted by atomic mass is 79.9. The zero-order valence-electron chi connectivity index (χ0n) is 18.6. The van der Waals surface area contributed by atoms with Gasteiger partial charge < -0.3 is 30.1 Å². The van der Waals surface area contributed by atoms with E-state index in [1.165, 1.54) is 18.5 Å². The van der Waals surface area contributed by atoms with Crippen LogP contribution < -0.4 is 16.0 Å². The van der Waals surface area contributed by atoms with Crippen molar-refractivity contribution < 1.29 is 23.8 Å². The van der Waals surface area contributed by atoms with Gasteiger partial charge in [-0.25, -0.2) is 0 Å². The second kappa shape index (κ2) is 10.1. The molecule has 2 aliphatic heterocycles.